The fourth-order valence-corrected chi connectivity index (χ4v) is 1.44. The molecule has 0 spiro atoms. The van der Waals surface area contributed by atoms with Gasteiger partial charge in [-0.2, -0.15) is 0 Å². The van der Waals surface area contributed by atoms with Gasteiger partial charge in [0.1, 0.15) is 5.78 Å². The largest absolute Gasteiger partial charge is 0.299 e. The lowest BCUT2D eigenvalue weighted by Gasteiger charge is -2.10. The molecule has 0 N–H and O–H groups in total. The number of hydrogen-bond acceptors (Lipinski definition) is 1. The highest BCUT2D eigenvalue weighted by molar-refractivity contribution is 5.83. The molecular weight excluding hydrogens is 148 g/mol. The molecule has 0 saturated carbocycles. The summed E-state index contributed by atoms with van der Waals surface area (Å²) in [4.78, 5) is 11.2. The summed E-state index contributed by atoms with van der Waals surface area (Å²) in [6.45, 7) is 3.69. The summed E-state index contributed by atoms with van der Waals surface area (Å²) in [5, 5.41) is 0. The molecule has 0 heterocycles. The predicted octanol–water partition coefficient (Wildman–Crippen LogP) is 2.77. The first-order valence-corrected chi connectivity index (χ1v) is 4.31. The van der Waals surface area contributed by atoms with Gasteiger partial charge in [0.2, 0.25) is 0 Å². The Hall–Kier alpha value is -1.11. The number of carbonyl (C=O) groups excluding carboxylic acids is 1. The lowest BCUT2D eigenvalue weighted by atomic mass is 9.93. The maximum absolute atomic E-state index is 11.2. The molecule has 0 radical (unpaired) electrons. The standard InChI is InChI=1S/C11H14O/c1-3-11(9(2)12)10-7-5-4-6-8-10/h4-8,11H,3H2,1-2H3. The van der Waals surface area contributed by atoms with E-state index in [1.165, 1.54) is 0 Å². The molecule has 1 rings (SSSR count). The summed E-state index contributed by atoms with van der Waals surface area (Å²) < 4.78 is 0. The van der Waals surface area contributed by atoms with Crippen LogP contribution in [0, 0.1) is 0 Å². The fraction of sp³-hybridized carbons (Fsp3) is 0.364. The minimum atomic E-state index is 0.0891. The van der Waals surface area contributed by atoms with Crippen LogP contribution in [0.25, 0.3) is 0 Å². The first-order chi connectivity index (χ1) is 5.75. The topological polar surface area (TPSA) is 17.1 Å². The van der Waals surface area contributed by atoms with E-state index in [1.54, 1.807) is 6.92 Å². The van der Waals surface area contributed by atoms with Crippen molar-refractivity contribution in [2.75, 3.05) is 0 Å². The first-order valence-electron chi connectivity index (χ1n) is 4.31. The van der Waals surface area contributed by atoms with Crippen molar-refractivity contribution in [2.24, 2.45) is 0 Å². The van der Waals surface area contributed by atoms with E-state index >= 15 is 0 Å². The zero-order valence-corrected chi connectivity index (χ0v) is 7.58. The summed E-state index contributed by atoms with van der Waals surface area (Å²) in [6.07, 6.45) is 0.888. The molecule has 0 bridgehead atoms. The second-order valence-corrected chi connectivity index (χ2v) is 2.98. The molecule has 0 aliphatic rings. The van der Waals surface area contributed by atoms with Crippen molar-refractivity contribution in [3.8, 4) is 0 Å². The van der Waals surface area contributed by atoms with Crippen molar-refractivity contribution in [3.05, 3.63) is 35.9 Å². The quantitative estimate of drug-likeness (QED) is 0.668. The van der Waals surface area contributed by atoms with E-state index in [0.29, 0.717) is 0 Å². The smallest absolute Gasteiger partial charge is 0.137 e. The van der Waals surface area contributed by atoms with Gasteiger partial charge in [-0.15, -0.1) is 0 Å². The van der Waals surface area contributed by atoms with Gasteiger partial charge in [0.15, 0.2) is 0 Å². The molecule has 0 saturated heterocycles. The van der Waals surface area contributed by atoms with E-state index in [4.69, 9.17) is 0 Å². The normalized spacial score (nSPS) is 12.5. The van der Waals surface area contributed by atoms with Crippen LogP contribution in [0.2, 0.25) is 0 Å². The third-order valence-corrected chi connectivity index (χ3v) is 2.10. The van der Waals surface area contributed by atoms with Crippen LogP contribution >= 0.6 is 0 Å². The predicted molar refractivity (Wildman–Crippen MR) is 50.2 cm³/mol. The first kappa shape index (κ1) is 8.98. The number of hydrogen-bond donors (Lipinski definition) is 0. The molecule has 0 amide bonds. The molecule has 1 heteroatoms. The minimum absolute atomic E-state index is 0.0891. The average Bonchev–Trinajstić information content (AvgIpc) is 2.07. The van der Waals surface area contributed by atoms with Gasteiger partial charge in [0.05, 0.1) is 0 Å². The zero-order chi connectivity index (χ0) is 8.97. The van der Waals surface area contributed by atoms with Gasteiger partial charge in [-0.1, -0.05) is 37.3 Å². The number of carbonyl (C=O) groups is 1. The Morgan fingerprint density at radius 2 is 1.92 bits per heavy atom. The summed E-state index contributed by atoms with van der Waals surface area (Å²) in [6, 6.07) is 9.93. The number of ketones is 1. The van der Waals surface area contributed by atoms with Gasteiger partial charge < -0.3 is 0 Å². The van der Waals surface area contributed by atoms with Gasteiger partial charge in [0.25, 0.3) is 0 Å². The molecule has 1 unspecified atom stereocenters. The molecule has 0 fully saturated rings. The van der Waals surface area contributed by atoms with E-state index in [-0.39, 0.29) is 11.7 Å². The van der Waals surface area contributed by atoms with Crippen molar-refractivity contribution < 1.29 is 4.79 Å². The molecule has 12 heavy (non-hydrogen) atoms. The molecule has 1 nitrogen and oxygen atoms in total. The summed E-state index contributed by atoms with van der Waals surface area (Å²) in [5.41, 5.74) is 1.13. The van der Waals surface area contributed by atoms with Gasteiger partial charge >= 0.3 is 0 Å². The van der Waals surface area contributed by atoms with Crippen molar-refractivity contribution in [2.45, 2.75) is 26.2 Å². The second kappa shape index (κ2) is 4.05. The highest BCUT2D eigenvalue weighted by atomic mass is 16.1. The minimum Gasteiger partial charge on any atom is -0.299 e. The SMILES string of the molecule is CCC(C(C)=O)c1ccccc1. The van der Waals surface area contributed by atoms with Crippen molar-refractivity contribution in [3.63, 3.8) is 0 Å². The Morgan fingerprint density at radius 3 is 2.33 bits per heavy atom. The molecule has 0 aliphatic heterocycles. The van der Waals surface area contributed by atoms with E-state index < -0.39 is 0 Å². The molecule has 1 atom stereocenters. The number of rotatable bonds is 3. The highest BCUT2D eigenvalue weighted by Gasteiger charge is 2.12. The summed E-state index contributed by atoms with van der Waals surface area (Å²) in [5.74, 6) is 0.342. The Labute approximate surface area is 73.4 Å². The van der Waals surface area contributed by atoms with Gasteiger partial charge in [0, 0.05) is 5.92 Å². The molecule has 0 aromatic heterocycles. The Bertz CT molecular complexity index is 251. The molecule has 1 aromatic carbocycles. The average molecular weight is 162 g/mol. The lowest BCUT2D eigenvalue weighted by molar-refractivity contribution is -0.118. The van der Waals surface area contributed by atoms with Crippen LogP contribution in [0.4, 0.5) is 0 Å². The van der Waals surface area contributed by atoms with Crippen LogP contribution in [0.1, 0.15) is 31.7 Å². The van der Waals surface area contributed by atoms with E-state index in [2.05, 4.69) is 0 Å². The number of Topliss-reactive ketones (excluding diaryl/α,β-unsaturated/α-hetero) is 1. The fourth-order valence-electron chi connectivity index (χ4n) is 1.44. The van der Waals surface area contributed by atoms with Gasteiger partial charge in [-0.25, -0.2) is 0 Å². The van der Waals surface area contributed by atoms with Crippen molar-refractivity contribution in [1.29, 1.82) is 0 Å². The van der Waals surface area contributed by atoms with Crippen molar-refractivity contribution >= 4 is 5.78 Å². The van der Waals surface area contributed by atoms with Gasteiger partial charge in [-0.3, -0.25) is 4.79 Å². The molecule has 64 valence electrons. The van der Waals surface area contributed by atoms with Crippen LogP contribution in [0.5, 0.6) is 0 Å². The van der Waals surface area contributed by atoms with E-state index in [1.807, 2.05) is 37.3 Å². The maximum atomic E-state index is 11.2. The maximum Gasteiger partial charge on any atom is 0.137 e. The number of benzene rings is 1. The van der Waals surface area contributed by atoms with Crippen LogP contribution in [-0.4, -0.2) is 5.78 Å². The Kier molecular flexibility index (Phi) is 3.03. The Morgan fingerprint density at radius 1 is 1.33 bits per heavy atom. The van der Waals surface area contributed by atoms with Crippen LogP contribution in [-0.2, 0) is 4.79 Å². The summed E-state index contributed by atoms with van der Waals surface area (Å²) >= 11 is 0. The van der Waals surface area contributed by atoms with Crippen LogP contribution in [0.15, 0.2) is 30.3 Å². The third-order valence-electron chi connectivity index (χ3n) is 2.10. The van der Waals surface area contributed by atoms with Crippen LogP contribution in [0.3, 0.4) is 0 Å². The van der Waals surface area contributed by atoms with Crippen molar-refractivity contribution in [1.82, 2.24) is 0 Å². The lowest BCUT2D eigenvalue weighted by Crippen LogP contribution is -2.06. The Balaban J connectivity index is 2.88. The monoisotopic (exact) mass is 162 g/mol. The van der Waals surface area contributed by atoms with Crippen LogP contribution < -0.4 is 0 Å². The molecule has 0 aliphatic carbocycles. The summed E-state index contributed by atoms with van der Waals surface area (Å²) in [7, 11) is 0. The van der Waals surface area contributed by atoms with E-state index in [0.717, 1.165) is 12.0 Å². The third kappa shape index (κ3) is 1.94. The van der Waals surface area contributed by atoms with E-state index in [9.17, 15) is 4.79 Å². The zero-order valence-electron chi connectivity index (χ0n) is 7.58. The molecular formula is C11H14O. The highest BCUT2D eigenvalue weighted by Crippen LogP contribution is 2.19. The molecule has 1 aromatic rings. The second-order valence-electron chi connectivity index (χ2n) is 2.98. The van der Waals surface area contributed by atoms with Gasteiger partial charge in [-0.05, 0) is 18.9 Å².